The number of hydrogen-bond acceptors (Lipinski definition) is 3. The fourth-order valence-corrected chi connectivity index (χ4v) is 3.47. The Bertz CT molecular complexity index is 346. The lowest BCUT2D eigenvalue weighted by Gasteiger charge is -2.44. The molecule has 2 rings (SSSR count). The summed E-state index contributed by atoms with van der Waals surface area (Å²) < 4.78 is 5.80. The van der Waals surface area contributed by atoms with Gasteiger partial charge in [-0.25, -0.2) is 0 Å². The van der Waals surface area contributed by atoms with Gasteiger partial charge in [0.2, 0.25) is 5.91 Å². The third-order valence-corrected chi connectivity index (χ3v) is 4.52. The highest BCUT2D eigenvalue weighted by atomic mass is 32.1. The van der Waals surface area contributed by atoms with Gasteiger partial charge in [-0.1, -0.05) is 38.4 Å². The van der Waals surface area contributed by atoms with Crippen molar-refractivity contribution in [1.82, 2.24) is 4.90 Å². The molecule has 1 heterocycles. The van der Waals surface area contributed by atoms with Crippen LogP contribution in [0.4, 0.5) is 0 Å². The normalized spacial score (nSPS) is 28.6. The van der Waals surface area contributed by atoms with Gasteiger partial charge in [-0.05, 0) is 19.3 Å². The summed E-state index contributed by atoms with van der Waals surface area (Å²) in [4.78, 5) is 15.0. The standard InChI is InChI=1S/C14H24N2O2S/c1-2-5-10(13(15)19)14(17)16-8-9-18-12-7-4-3-6-11(12)16/h10-12H,2-9H2,1H3,(H2,15,19). The Morgan fingerprint density at radius 1 is 1.47 bits per heavy atom. The topological polar surface area (TPSA) is 55.6 Å². The number of ether oxygens (including phenoxy) is 1. The molecule has 19 heavy (non-hydrogen) atoms. The number of carbonyl (C=O) groups is 1. The number of nitrogens with zero attached hydrogens (tertiary/aromatic N) is 1. The van der Waals surface area contributed by atoms with Gasteiger partial charge in [0.25, 0.3) is 0 Å². The fourth-order valence-electron chi connectivity index (χ4n) is 3.25. The quantitative estimate of drug-likeness (QED) is 0.801. The Kier molecular flexibility index (Phi) is 5.16. The van der Waals surface area contributed by atoms with E-state index in [1.165, 1.54) is 12.8 Å². The predicted molar refractivity (Wildman–Crippen MR) is 78.9 cm³/mol. The summed E-state index contributed by atoms with van der Waals surface area (Å²) in [5, 5.41) is 0. The Morgan fingerprint density at radius 3 is 2.89 bits per heavy atom. The van der Waals surface area contributed by atoms with E-state index < -0.39 is 0 Å². The van der Waals surface area contributed by atoms with Gasteiger partial charge in [-0.15, -0.1) is 0 Å². The van der Waals surface area contributed by atoms with Crippen molar-refractivity contribution in [3.8, 4) is 0 Å². The van der Waals surface area contributed by atoms with Gasteiger partial charge in [0.15, 0.2) is 0 Å². The zero-order valence-corrected chi connectivity index (χ0v) is 12.5. The maximum atomic E-state index is 12.7. The molecular formula is C14H24N2O2S. The summed E-state index contributed by atoms with van der Waals surface area (Å²) >= 11 is 5.07. The average Bonchev–Trinajstić information content (AvgIpc) is 2.43. The second-order valence-electron chi connectivity index (χ2n) is 5.54. The first-order valence-corrected chi connectivity index (χ1v) is 7.77. The third kappa shape index (κ3) is 3.26. The van der Waals surface area contributed by atoms with Gasteiger partial charge in [0.1, 0.15) is 0 Å². The van der Waals surface area contributed by atoms with Crippen molar-refractivity contribution in [2.45, 2.75) is 57.6 Å². The molecule has 0 aromatic rings. The van der Waals surface area contributed by atoms with Crippen LogP contribution in [0.25, 0.3) is 0 Å². The summed E-state index contributed by atoms with van der Waals surface area (Å²) in [6.45, 7) is 3.38. The number of amides is 1. The maximum Gasteiger partial charge on any atom is 0.232 e. The Labute approximate surface area is 120 Å². The smallest absolute Gasteiger partial charge is 0.232 e. The second-order valence-corrected chi connectivity index (χ2v) is 6.01. The highest BCUT2D eigenvalue weighted by Crippen LogP contribution is 2.29. The summed E-state index contributed by atoms with van der Waals surface area (Å²) in [7, 11) is 0. The molecule has 1 saturated heterocycles. The van der Waals surface area contributed by atoms with Crippen molar-refractivity contribution in [3.63, 3.8) is 0 Å². The van der Waals surface area contributed by atoms with E-state index in [4.69, 9.17) is 22.7 Å². The number of thiocarbonyl (C=S) groups is 1. The van der Waals surface area contributed by atoms with E-state index in [0.717, 1.165) is 25.7 Å². The zero-order chi connectivity index (χ0) is 13.8. The fraction of sp³-hybridized carbons (Fsp3) is 0.857. The summed E-state index contributed by atoms with van der Waals surface area (Å²) in [6.07, 6.45) is 6.40. The number of carbonyl (C=O) groups excluding carboxylic acids is 1. The first kappa shape index (κ1) is 14.7. The Morgan fingerprint density at radius 2 is 2.21 bits per heavy atom. The molecule has 2 fully saturated rings. The van der Waals surface area contributed by atoms with Crippen molar-refractivity contribution in [3.05, 3.63) is 0 Å². The Balaban J connectivity index is 2.09. The predicted octanol–water partition coefficient (Wildman–Crippen LogP) is 1.86. The van der Waals surface area contributed by atoms with Gasteiger partial charge >= 0.3 is 0 Å². The van der Waals surface area contributed by atoms with Crippen molar-refractivity contribution < 1.29 is 9.53 Å². The number of fused-ring (bicyclic) bond motifs is 1. The van der Waals surface area contributed by atoms with Crippen molar-refractivity contribution >= 4 is 23.1 Å². The molecule has 1 aliphatic heterocycles. The van der Waals surface area contributed by atoms with Crippen LogP contribution in [0.15, 0.2) is 0 Å². The molecule has 0 aromatic heterocycles. The minimum absolute atomic E-state index is 0.120. The van der Waals surface area contributed by atoms with Crippen LogP contribution >= 0.6 is 12.2 Å². The molecule has 0 spiro atoms. The molecule has 3 unspecified atom stereocenters. The molecule has 2 aliphatic rings. The van der Waals surface area contributed by atoms with Crippen LogP contribution in [-0.4, -0.2) is 41.1 Å². The van der Waals surface area contributed by atoms with Gasteiger partial charge in [-0.2, -0.15) is 0 Å². The summed E-state index contributed by atoms with van der Waals surface area (Å²) in [5.41, 5.74) is 5.75. The van der Waals surface area contributed by atoms with Gasteiger partial charge in [0, 0.05) is 6.54 Å². The van der Waals surface area contributed by atoms with E-state index in [-0.39, 0.29) is 24.0 Å². The lowest BCUT2D eigenvalue weighted by atomic mass is 9.89. The first-order valence-electron chi connectivity index (χ1n) is 7.36. The zero-order valence-electron chi connectivity index (χ0n) is 11.6. The molecule has 1 amide bonds. The first-order chi connectivity index (χ1) is 9.15. The van der Waals surface area contributed by atoms with Crippen LogP contribution in [0.3, 0.4) is 0 Å². The Hall–Kier alpha value is -0.680. The van der Waals surface area contributed by atoms with E-state index in [2.05, 4.69) is 6.92 Å². The van der Waals surface area contributed by atoms with E-state index >= 15 is 0 Å². The monoisotopic (exact) mass is 284 g/mol. The number of rotatable bonds is 4. The number of nitrogens with two attached hydrogens (primary N) is 1. The number of morpholine rings is 1. The minimum Gasteiger partial charge on any atom is -0.393 e. The van der Waals surface area contributed by atoms with Crippen molar-refractivity contribution in [2.75, 3.05) is 13.2 Å². The van der Waals surface area contributed by atoms with Crippen LogP contribution in [0.2, 0.25) is 0 Å². The molecular weight excluding hydrogens is 260 g/mol. The van der Waals surface area contributed by atoms with E-state index in [9.17, 15) is 4.79 Å². The highest BCUT2D eigenvalue weighted by Gasteiger charge is 2.39. The molecule has 3 atom stereocenters. The van der Waals surface area contributed by atoms with Gasteiger partial charge < -0.3 is 15.4 Å². The molecule has 0 aromatic carbocycles. The molecule has 1 aliphatic carbocycles. The molecule has 108 valence electrons. The van der Waals surface area contributed by atoms with E-state index in [0.29, 0.717) is 18.1 Å². The number of hydrogen-bond donors (Lipinski definition) is 1. The maximum absolute atomic E-state index is 12.7. The second kappa shape index (κ2) is 6.66. The summed E-state index contributed by atoms with van der Waals surface area (Å²) in [5.74, 6) is -0.171. The van der Waals surface area contributed by atoms with E-state index in [1.807, 2.05) is 4.90 Å². The van der Waals surface area contributed by atoms with Gasteiger partial charge in [0.05, 0.1) is 29.7 Å². The molecule has 1 saturated carbocycles. The van der Waals surface area contributed by atoms with E-state index in [1.54, 1.807) is 0 Å². The molecule has 2 N–H and O–H groups in total. The van der Waals surface area contributed by atoms with Crippen molar-refractivity contribution in [2.24, 2.45) is 11.7 Å². The van der Waals surface area contributed by atoms with Crippen molar-refractivity contribution in [1.29, 1.82) is 0 Å². The van der Waals surface area contributed by atoms with Crippen LogP contribution in [0.5, 0.6) is 0 Å². The highest BCUT2D eigenvalue weighted by molar-refractivity contribution is 7.80. The molecule has 4 nitrogen and oxygen atoms in total. The third-order valence-electron chi connectivity index (χ3n) is 4.23. The SMILES string of the molecule is CCCC(C(=O)N1CCOC2CCCCC21)C(N)=S. The largest absolute Gasteiger partial charge is 0.393 e. The lowest BCUT2D eigenvalue weighted by molar-refractivity contribution is -0.151. The van der Waals surface area contributed by atoms with Crippen LogP contribution in [-0.2, 0) is 9.53 Å². The molecule has 0 radical (unpaired) electrons. The van der Waals surface area contributed by atoms with Gasteiger partial charge in [-0.3, -0.25) is 4.79 Å². The lowest BCUT2D eigenvalue weighted by Crippen LogP contribution is -2.57. The summed E-state index contributed by atoms with van der Waals surface area (Å²) in [6, 6.07) is 0.240. The van der Waals surface area contributed by atoms with Crippen LogP contribution in [0, 0.1) is 5.92 Å². The molecule has 5 heteroatoms. The average molecular weight is 284 g/mol. The van der Waals surface area contributed by atoms with Crippen LogP contribution < -0.4 is 5.73 Å². The minimum atomic E-state index is -0.291. The van der Waals surface area contributed by atoms with Crippen LogP contribution in [0.1, 0.15) is 45.4 Å². The molecule has 0 bridgehead atoms.